The quantitative estimate of drug-likeness (QED) is 0.489. The molecule has 4 N–H and O–H groups in total. The lowest BCUT2D eigenvalue weighted by Crippen LogP contribution is -2.33. The van der Waals surface area contributed by atoms with E-state index in [9.17, 15) is 15.3 Å². The fourth-order valence-electron chi connectivity index (χ4n) is 3.29. The summed E-state index contributed by atoms with van der Waals surface area (Å²) in [5.41, 5.74) is 3.63. The summed E-state index contributed by atoms with van der Waals surface area (Å²) in [6, 6.07) is 0. The van der Waals surface area contributed by atoms with Crippen molar-refractivity contribution in [3.63, 3.8) is 0 Å². The molecule has 1 aliphatic heterocycles. The van der Waals surface area contributed by atoms with Crippen LogP contribution in [0.3, 0.4) is 0 Å². The van der Waals surface area contributed by atoms with Crippen molar-refractivity contribution < 1.29 is 20.1 Å². The van der Waals surface area contributed by atoms with E-state index in [4.69, 9.17) is 4.74 Å². The largest absolute Gasteiger partial charge is 0.394 e. The SMILES string of the molecule is CC(C)=CCC/C(C)=C\CNc1ncnc2c1ncn2[C@@H]1O[C@@H](CO)[C@@H](O)[C@H]1O. The van der Waals surface area contributed by atoms with Gasteiger partial charge in [-0.1, -0.05) is 23.3 Å². The van der Waals surface area contributed by atoms with Crippen molar-refractivity contribution in [1.82, 2.24) is 19.5 Å². The first kappa shape index (κ1) is 21.4. The first-order chi connectivity index (χ1) is 13.9. The highest BCUT2D eigenvalue weighted by Crippen LogP contribution is 2.32. The summed E-state index contributed by atoms with van der Waals surface area (Å²) in [6.45, 7) is 6.52. The van der Waals surface area contributed by atoms with E-state index in [1.54, 1.807) is 4.57 Å². The second-order valence-corrected chi connectivity index (χ2v) is 7.53. The third kappa shape index (κ3) is 4.81. The Kier molecular flexibility index (Phi) is 6.96. The van der Waals surface area contributed by atoms with E-state index in [1.807, 2.05) is 0 Å². The lowest BCUT2D eigenvalue weighted by molar-refractivity contribution is -0.0511. The second kappa shape index (κ2) is 9.45. The molecule has 1 aliphatic rings. The van der Waals surface area contributed by atoms with Crippen LogP contribution in [0.5, 0.6) is 0 Å². The van der Waals surface area contributed by atoms with Crippen LogP contribution in [0.1, 0.15) is 39.8 Å². The number of aliphatic hydroxyl groups is 3. The Bertz CT molecular complexity index is 890. The van der Waals surface area contributed by atoms with Crippen molar-refractivity contribution >= 4 is 17.0 Å². The van der Waals surface area contributed by atoms with Gasteiger partial charge in [-0.25, -0.2) is 15.0 Å². The van der Waals surface area contributed by atoms with Crippen LogP contribution in [0, 0.1) is 0 Å². The summed E-state index contributed by atoms with van der Waals surface area (Å²) in [6.07, 6.45) is 5.17. The van der Waals surface area contributed by atoms with Gasteiger partial charge in [0, 0.05) is 6.54 Å². The normalized spacial score (nSPS) is 24.8. The smallest absolute Gasteiger partial charge is 0.167 e. The number of nitrogens with zero attached hydrogens (tertiary/aromatic N) is 4. The monoisotopic (exact) mass is 403 g/mol. The lowest BCUT2D eigenvalue weighted by atomic mass is 10.1. The maximum atomic E-state index is 10.3. The van der Waals surface area contributed by atoms with Crippen molar-refractivity contribution in [2.75, 3.05) is 18.5 Å². The van der Waals surface area contributed by atoms with Crippen molar-refractivity contribution in [3.05, 3.63) is 36.0 Å². The molecule has 0 saturated carbocycles. The van der Waals surface area contributed by atoms with Crippen molar-refractivity contribution in [2.24, 2.45) is 0 Å². The van der Waals surface area contributed by atoms with E-state index in [-0.39, 0.29) is 6.61 Å². The average molecular weight is 403 g/mol. The van der Waals surface area contributed by atoms with E-state index < -0.39 is 24.5 Å². The number of rotatable bonds is 8. The highest BCUT2D eigenvalue weighted by atomic mass is 16.6. The molecule has 4 atom stereocenters. The third-order valence-electron chi connectivity index (χ3n) is 4.96. The van der Waals surface area contributed by atoms with Crippen LogP contribution in [0.25, 0.3) is 11.2 Å². The maximum Gasteiger partial charge on any atom is 0.167 e. The molecule has 0 spiro atoms. The molecule has 9 nitrogen and oxygen atoms in total. The Labute approximate surface area is 169 Å². The van der Waals surface area contributed by atoms with Crippen LogP contribution in [-0.2, 0) is 4.74 Å². The summed E-state index contributed by atoms with van der Waals surface area (Å²) in [5.74, 6) is 0.578. The Hall–Kier alpha value is -2.33. The number of ether oxygens (including phenoxy) is 1. The molecule has 29 heavy (non-hydrogen) atoms. The Morgan fingerprint density at radius 3 is 2.66 bits per heavy atom. The summed E-state index contributed by atoms with van der Waals surface area (Å²) in [5, 5.41) is 32.8. The zero-order chi connectivity index (χ0) is 21.0. The number of allylic oxidation sites excluding steroid dienone is 3. The van der Waals surface area contributed by atoms with Crippen LogP contribution in [0.4, 0.5) is 5.82 Å². The molecule has 1 fully saturated rings. The van der Waals surface area contributed by atoms with Crippen LogP contribution < -0.4 is 5.32 Å². The van der Waals surface area contributed by atoms with Crippen LogP contribution in [-0.4, -0.2) is 66.3 Å². The highest BCUT2D eigenvalue weighted by molar-refractivity contribution is 5.82. The number of fused-ring (bicyclic) bond motifs is 1. The minimum absolute atomic E-state index is 0.386. The Morgan fingerprint density at radius 2 is 1.97 bits per heavy atom. The predicted molar refractivity (Wildman–Crippen MR) is 109 cm³/mol. The van der Waals surface area contributed by atoms with E-state index in [0.717, 1.165) is 12.8 Å². The number of imidazole rings is 1. The van der Waals surface area contributed by atoms with Gasteiger partial charge in [0.15, 0.2) is 23.2 Å². The molecule has 0 aliphatic carbocycles. The molecule has 158 valence electrons. The number of anilines is 1. The molecular weight excluding hydrogens is 374 g/mol. The zero-order valence-corrected chi connectivity index (χ0v) is 17.0. The number of aromatic nitrogens is 4. The molecule has 1 saturated heterocycles. The molecule has 0 amide bonds. The van der Waals surface area contributed by atoms with Gasteiger partial charge < -0.3 is 25.4 Å². The van der Waals surface area contributed by atoms with E-state index in [0.29, 0.717) is 23.5 Å². The second-order valence-electron chi connectivity index (χ2n) is 7.53. The Morgan fingerprint density at radius 1 is 1.17 bits per heavy atom. The molecule has 2 aromatic rings. The van der Waals surface area contributed by atoms with Gasteiger partial charge in [0.25, 0.3) is 0 Å². The van der Waals surface area contributed by atoms with Crippen LogP contribution >= 0.6 is 0 Å². The van der Waals surface area contributed by atoms with Gasteiger partial charge in [0.2, 0.25) is 0 Å². The van der Waals surface area contributed by atoms with Gasteiger partial charge in [0.05, 0.1) is 12.9 Å². The van der Waals surface area contributed by atoms with E-state index >= 15 is 0 Å². The van der Waals surface area contributed by atoms with Gasteiger partial charge >= 0.3 is 0 Å². The number of hydrogen-bond acceptors (Lipinski definition) is 8. The molecule has 2 aromatic heterocycles. The summed E-state index contributed by atoms with van der Waals surface area (Å²) in [4.78, 5) is 12.9. The average Bonchev–Trinajstić information content (AvgIpc) is 3.23. The first-order valence-corrected chi connectivity index (χ1v) is 9.75. The predicted octanol–water partition coefficient (Wildman–Crippen LogP) is 1.54. The lowest BCUT2D eigenvalue weighted by Gasteiger charge is -2.16. The maximum absolute atomic E-state index is 10.3. The standard InChI is InChI=1S/C20H29N5O4/c1-12(2)5-4-6-13(3)7-8-21-18-15-19(23-10-22-18)25(11-24-15)20-17(28)16(27)14(9-26)29-20/h5,7,10-11,14,16-17,20,26-28H,4,6,8-9H2,1-3H3,(H,21,22,23)/b13-7-/t14-,16+,17+,20+/m0/s1. The molecule has 3 heterocycles. The minimum Gasteiger partial charge on any atom is -0.394 e. The van der Waals surface area contributed by atoms with Crippen LogP contribution in [0.2, 0.25) is 0 Å². The van der Waals surface area contributed by atoms with Crippen molar-refractivity contribution in [1.29, 1.82) is 0 Å². The number of nitrogens with one attached hydrogen (secondary N) is 1. The topological polar surface area (TPSA) is 126 Å². The van der Waals surface area contributed by atoms with E-state index in [2.05, 4.69) is 53.2 Å². The molecule has 0 aromatic carbocycles. The number of aliphatic hydroxyl groups excluding tert-OH is 3. The van der Waals surface area contributed by atoms with Gasteiger partial charge in [0.1, 0.15) is 24.6 Å². The Balaban J connectivity index is 1.71. The van der Waals surface area contributed by atoms with Crippen LogP contribution in [0.15, 0.2) is 36.0 Å². The number of hydrogen-bond donors (Lipinski definition) is 4. The summed E-state index contributed by atoms with van der Waals surface area (Å²) < 4.78 is 7.12. The molecule has 3 rings (SSSR count). The first-order valence-electron chi connectivity index (χ1n) is 9.75. The fourth-order valence-corrected chi connectivity index (χ4v) is 3.29. The van der Waals surface area contributed by atoms with Gasteiger partial charge in [-0.2, -0.15) is 0 Å². The fraction of sp³-hybridized carbons (Fsp3) is 0.550. The third-order valence-corrected chi connectivity index (χ3v) is 4.96. The van der Waals surface area contributed by atoms with Gasteiger partial charge in [-0.05, 0) is 33.6 Å². The van der Waals surface area contributed by atoms with Crippen molar-refractivity contribution in [2.45, 2.75) is 58.2 Å². The van der Waals surface area contributed by atoms with Gasteiger partial charge in [-0.3, -0.25) is 4.57 Å². The van der Waals surface area contributed by atoms with Gasteiger partial charge in [-0.15, -0.1) is 0 Å². The van der Waals surface area contributed by atoms with Crippen molar-refractivity contribution in [3.8, 4) is 0 Å². The minimum atomic E-state index is -1.19. The highest BCUT2D eigenvalue weighted by Gasteiger charge is 2.44. The molecule has 9 heteroatoms. The summed E-state index contributed by atoms with van der Waals surface area (Å²) >= 11 is 0. The molecule has 0 unspecified atom stereocenters. The molecular formula is C20H29N5O4. The van der Waals surface area contributed by atoms with E-state index in [1.165, 1.54) is 23.8 Å². The zero-order valence-electron chi connectivity index (χ0n) is 17.0. The molecule has 0 radical (unpaired) electrons. The summed E-state index contributed by atoms with van der Waals surface area (Å²) in [7, 11) is 0. The molecule has 0 bridgehead atoms.